The second kappa shape index (κ2) is 6.55. The van der Waals surface area contributed by atoms with Crippen LogP contribution in [0.3, 0.4) is 0 Å². The average Bonchev–Trinajstić information content (AvgIpc) is 2.32. The zero-order valence-electron chi connectivity index (χ0n) is 12.3. The highest BCUT2D eigenvalue weighted by Crippen LogP contribution is 2.29. The van der Waals surface area contributed by atoms with E-state index in [9.17, 15) is 19.2 Å². The molecule has 0 bridgehead atoms. The summed E-state index contributed by atoms with van der Waals surface area (Å²) in [6.45, 7) is 5.75. The van der Waals surface area contributed by atoms with Crippen molar-refractivity contribution in [1.29, 1.82) is 0 Å². The summed E-state index contributed by atoms with van der Waals surface area (Å²) in [6.07, 6.45) is 0. The third-order valence-electron chi connectivity index (χ3n) is 2.62. The Hall–Kier alpha value is -2.12. The van der Waals surface area contributed by atoms with Gasteiger partial charge in [0.25, 0.3) is 5.79 Å². The predicted molar refractivity (Wildman–Crippen MR) is 66.5 cm³/mol. The Morgan fingerprint density at radius 2 is 1.43 bits per heavy atom. The smallest absolute Gasteiger partial charge is 0.325 e. The molecule has 0 atom stereocenters. The maximum atomic E-state index is 11.9. The Morgan fingerprint density at radius 1 is 1.05 bits per heavy atom. The highest BCUT2D eigenvalue weighted by Gasteiger charge is 2.53. The molecule has 1 fully saturated rings. The fourth-order valence-corrected chi connectivity index (χ4v) is 1.83. The molecule has 0 aliphatic carbocycles. The van der Waals surface area contributed by atoms with Crippen LogP contribution in [0.4, 0.5) is 0 Å². The lowest BCUT2D eigenvalue weighted by Crippen LogP contribution is -2.52. The third kappa shape index (κ3) is 3.93. The largest absolute Gasteiger partial charge is 0.465 e. The van der Waals surface area contributed by atoms with Crippen molar-refractivity contribution >= 4 is 23.9 Å². The van der Waals surface area contributed by atoms with E-state index in [0.717, 1.165) is 0 Å². The van der Waals surface area contributed by atoms with Gasteiger partial charge >= 0.3 is 23.9 Å². The molecule has 0 amide bonds. The molecule has 0 aromatic carbocycles. The molecule has 118 valence electrons. The molecular formula is C13H18O8. The molecule has 1 aliphatic rings. The van der Waals surface area contributed by atoms with Crippen molar-refractivity contribution in [1.82, 2.24) is 0 Å². The van der Waals surface area contributed by atoms with Crippen LogP contribution in [0.15, 0.2) is 0 Å². The van der Waals surface area contributed by atoms with E-state index >= 15 is 0 Å². The fourth-order valence-electron chi connectivity index (χ4n) is 1.83. The lowest BCUT2D eigenvalue weighted by atomic mass is 9.91. The van der Waals surface area contributed by atoms with Crippen LogP contribution >= 0.6 is 0 Å². The Morgan fingerprint density at radius 3 is 1.76 bits per heavy atom. The quantitative estimate of drug-likeness (QED) is 0.402. The van der Waals surface area contributed by atoms with Gasteiger partial charge in [-0.15, -0.1) is 0 Å². The monoisotopic (exact) mass is 302 g/mol. The predicted octanol–water partition coefficient (Wildman–Crippen LogP) is 0.181. The van der Waals surface area contributed by atoms with Crippen LogP contribution < -0.4 is 0 Å². The zero-order valence-corrected chi connectivity index (χ0v) is 12.3. The summed E-state index contributed by atoms with van der Waals surface area (Å²) >= 11 is 0. The van der Waals surface area contributed by atoms with E-state index < -0.39 is 41.5 Å². The maximum absolute atomic E-state index is 11.9. The number of hydrogen-bond donors (Lipinski definition) is 0. The van der Waals surface area contributed by atoms with Crippen molar-refractivity contribution in [3.05, 3.63) is 0 Å². The summed E-state index contributed by atoms with van der Waals surface area (Å²) in [5, 5.41) is 0. The van der Waals surface area contributed by atoms with Gasteiger partial charge in [0, 0.05) is 13.8 Å². The van der Waals surface area contributed by atoms with Crippen LogP contribution in [0, 0.1) is 11.8 Å². The third-order valence-corrected chi connectivity index (χ3v) is 2.62. The van der Waals surface area contributed by atoms with Gasteiger partial charge in [0.15, 0.2) is 11.8 Å². The second-order valence-electron chi connectivity index (χ2n) is 4.70. The highest BCUT2D eigenvalue weighted by molar-refractivity contribution is 6.08. The molecule has 8 heteroatoms. The SMILES string of the molecule is CCOC(=O)C(C(=O)OCC)C1C(=O)OC(C)(C)OC1=O. The van der Waals surface area contributed by atoms with Gasteiger partial charge < -0.3 is 18.9 Å². The summed E-state index contributed by atoms with van der Waals surface area (Å²) in [7, 11) is 0. The van der Waals surface area contributed by atoms with Gasteiger partial charge in [-0.05, 0) is 13.8 Å². The first kappa shape index (κ1) is 16.9. The van der Waals surface area contributed by atoms with Gasteiger partial charge in [-0.2, -0.15) is 0 Å². The van der Waals surface area contributed by atoms with Crippen LogP contribution in [-0.2, 0) is 38.1 Å². The molecule has 1 heterocycles. The summed E-state index contributed by atoms with van der Waals surface area (Å²) < 4.78 is 19.2. The Kier molecular flexibility index (Phi) is 5.28. The van der Waals surface area contributed by atoms with Gasteiger partial charge in [-0.1, -0.05) is 0 Å². The van der Waals surface area contributed by atoms with E-state index in [2.05, 4.69) is 0 Å². The minimum atomic E-state index is -1.74. The van der Waals surface area contributed by atoms with Crippen molar-refractivity contribution < 1.29 is 38.1 Å². The average molecular weight is 302 g/mol. The molecule has 0 spiro atoms. The van der Waals surface area contributed by atoms with Crippen molar-refractivity contribution in [3.8, 4) is 0 Å². The fraction of sp³-hybridized carbons (Fsp3) is 0.692. The number of rotatable bonds is 5. The minimum Gasteiger partial charge on any atom is -0.465 e. The van der Waals surface area contributed by atoms with E-state index in [4.69, 9.17) is 18.9 Å². The normalized spacial score (nSPS) is 18.0. The second-order valence-corrected chi connectivity index (χ2v) is 4.70. The van der Waals surface area contributed by atoms with Crippen LogP contribution in [0.5, 0.6) is 0 Å². The van der Waals surface area contributed by atoms with Crippen molar-refractivity contribution in [2.24, 2.45) is 11.8 Å². The number of carbonyl (C=O) groups excluding carboxylic acids is 4. The van der Waals surface area contributed by atoms with Gasteiger partial charge in [-0.3, -0.25) is 19.2 Å². The molecule has 8 nitrogen and oxygen atoms in total. The lowest BCUT2D eigenvalue weighted by Gasteiger charge is -2.34. The van der Waals surface area contributed by atoms with Gasteiger partial charge in [0.05, 0.1) is 13.2 Å². The van der Waals surface area contributed by atoms with Gasteiger partial charge in [-0.25, -0.2) is 0 Å². The summed E-state index contributed by atoms with van der Waals surface area (Å²) in [6, 6.07) is 0. The summed E-state index contributed by atoms with van der Waals surface area (Å²) in [5.74, 6) is -9.02. The Labute approximate surface area is 121 Å². The topological polar surface area (TPSA) is 105 Å². The lowest BCUT2D eigenvalue weighted by molar-refractivity contribution is -0.244. The molecule has 1 aliphatic heterocycles. The molecule has 1 rings (SSSR count). The van der Waals surface area contributed by atoms with Gasteiger partial charge in [0.2, 0.25) is 0 Å². The Balaban J connectivity index is 3.07. The van der Waals surface area contributed by atoms with E-state index in [1.165, 1.54) is 27.7 Å². The number of esters is 4. The van der Waals surface area contributed by atoms with Crippen molar-refractivity contribution in [3.63, 3.8) is 0 Å². The van der Waals surface area contributed by atoms with Crippen LogP contribution in [-0.4, -0.2) is 42.9 Å². The number of carbonyl (C=O) groups is 4. The molecule has 1 saturated heterocycles. The summed E-state index contributed by atoms with van der Waals surface area (Å²) in [5.41, 5.74) is 0. The number of ether oxygens (including phenoxy) is 4. The molecule has 21 heavy (non-hydrogen) atoms. The molecular weight excluding hydrogens is 284 g/mol. The Bertz CT molecular complexity index is 415. The molecule has 0 N–H and O–H groups in total. The number of cyclic esters (lactones) is 2. The van der Waals surface area contributed by atoms with Crippen molar-refractivity contribution in [2.75, 3.05) is 13.2 Å². The van der Waals surface area contributed by atoms with E-state index in [1.807, 2.05) is 0 Å². The first-order valence-corrected chi connectivity index (χ1v) is 6.52. The molecule has 0 saturated carbocycles. The molecule has 0 aromatic heterocycles. The first-order chi connectivity index (χ1) is 9.73. The van der Waals surface area contributed by atoms with E-state index in [0.29, 0.717) is 0 Å². The minimum absolute atomic E-state index is 0.0168. The maximum Gasteiger partial charge on any atom is 0.325 e. The summed E-state index contributed by atoms with van der Waals surface area (Å²) in [4.78, 5) is 47.6. The van der Waals surface area contributed by atoms with Gasteiger partial charge in [0.1, 0.15) is 0 Å². The van der Waals surface area contributed by atoms with Crippen LogP contribution in [0.1, 0.15) is 27.7 Å². The first-order valence-electron chi connectivity index (χ1n) is 6.52. The van der Waals surface area contributed by atoms with Crippen LogP contribution in [0.25, 0.3) is 0 Å². The van der Waals surface area contributed by atoms with E-state index in [-0.39, 0.29) is 13.2 Å². The standard InChI is InChI=1S/C13H18O8/c1-5-18-9(14)7(10(15)19-6-2)8-11(16)20-13(3,4)21-12(8)17/h7-8H,5-6H2,1-4H3. The molecule has 0 radical (unpaired) electrons. The highest BCUT2D eigenvalue weighted by atomic mass is 16.7. The van der Waals surface area contributed by atoms with E-state index in [1.54, 1.807) is 0 Å². The van der Waals surface area contributed by atoms with Crippen LogP contribution in [0.2, 0.25) is 0 Å². The molecule has 0 aromatic rings. The van der Waals surface area contributed by atoms with Crippen molar-refractivity contribution in [2.45, 2.75) is 33.5 Å². The molecule has 0 unspecified atom stereocenters. The zero-order chi connectivity index (χ0) is 16.2. The number of hydrogen-bond acceptors (Lipinski definition) is 8.